The zero-order valence-electron chi connectivity index (χ0n) is 12.9. The average Bonchev–Trinajstić information content (AvgIpc) is 2.22. The van der Waals surface area contributed by atoms with Gasteiger partial charge in [-0.25, -0.2) is 9.59 Å². The van der Waals surface area contributed by atoms with Crippen molar-refractivity contribution in [3.63, 3.8) is 0 Å². The van der Waals surface area contributed by atoms with Crippen LogP contribution in [0.2, 0.25) is 0 Å². The van der Waals surface area contributed by atoms with E-state index in [-0.39, 0.29) is 11.6 Å². The summed E-state index contributed by atoms with van der Waals surface area (Å²) in [4.78, 5) is 23.2. The normalized spacial score (nSPS) is 23.8. The summed E-state index contributed by atoms with van der Waals surface area (Å²) in [5.41, 5.74) is -0.801. The molecule has 2 amide bonds. The minimum Gasteiger partial charge on any atom is -0.480 e. The number of urea groups is 1. The van der Waals surface area contributed by atoms with Crippen LogP contribution in [0, 0.1) is 5.41 Å². The number of hydrogen-bond acceptors (Lipinski definition) is 3. The van der Waals surface area contributed by atoms with Crippen molar-refractivity contribution in [1.29, 1.82) is 0 Å². The molecule has 20 heavy (non-hydrogen) atoms. The second-order valence-corrected chi connectivity index (χ2v) is 7.05. The Morgan fingerprint density at radius 2 is 1.95 bits per heavy atom. The van der Waals surface area contributed by atoms with Gasteiger partial charge in [-0.1, -0.05) is 20.8 Å². The topological polar surface area (TPSA) is 87.7 Å². The van der Waals surface area contributed by atoms with E-state index in [0.29, 0.717) is 13.0 Å². The van der Waals surface area contributed by atoms with Gasteiger partial charge in [-0.3, -0.25) is 0 Å². The van der Waals surface area contributed by atoms with Crippen molar-refractivity contribution in [2.75, 3.05) is 6.61 Å². The highest BCUT2D eigenvalue weighted by Crippen LogP contribution is 2.24. The van der Waals surface area contributed by atoms with Gasteiger partial charge in [-0.2, -0.15) is 0 Å². The zero-order valence-corrected chi connectivity index (χ0v) is 12.9. The maximum atomic E-state index is 12.0. The van der Waals surface area contributed by atoms with E-state index in [1.165, 1.54) is 0 Å². The first kappa shape index (κ1) is 16.8. The fourth-order valence-electron chi connectivity index (χ4n) is 2.36. The summed E-state index contributed by atoms with van der Waals surface area (Å²) in [6.45, 7) is 9.90. The molecule has 0 aliphatic carbocycles. The molecule has 1 rings (SSSR count). The molecule has 1 heterocycles. The molecular weight excluding hydrogens is 260 g/mol. The maximum absolute atomic E-state index is 12.0. The Hall–Kier alpha value is -1.30. The molecule has 1 aliphatic heterocycles. The second kappa shape index (κ2) is 5.99. The summed E-state index contributed by atoms with van der Waals surface area (Å²) >= 11 is 0. The largest absolute Gasteiger partial charge is 0.480 e. The molecule has 1 fully saturated rings. The number of ether oxygens (including phenoxy) is 1. The van der Waals surface area contributed by atoms with E-state index in [2.05, 4.69) is 10.6 Å². The van der Waals surface area contributed by atoms with E-state index in [4.69, 9.17) is 4.74 Å². The van der Waals surface area contributed by atoms with Crippen LogP contribution >= 0.6 is 0 Å². The Kier molecular flexibility index (Phi) is 5.02. The molecule has 3 N–H and O–H groups in total. The number of hydrogen-bond donors (Lipinski definition) is 3. The highest BCUT2D eigenvalue weighted by Gasteiger charge is 2.34. The Bertz CT molecular complexity index is 374. The summed E-state index contributed by atoms with van der Waals surface area (Å²) in [6.07, 6.45) is 1.46. The van der Waals surface area contributed by atoms with Crippen molar-refractivity contribution in [1.82, 2.24) is 10.6 Å². The summed E-state index contributed by atoms with van der Waals surface area (Å²) in [6, 6.07) is -1.35. The number of nitrogens with one attached hydrogen (secondary N) is 2. The fourth-order valence-corrected chi connectivity index (χ4v) is 2.36. The highest BCUT2D eigenvalue weighted by molar-refractivity contribution is 5.83. The molecule has 1 saturated heterocycles. The second-order valence-electron chi connectivity index (χ2n) is 7.05. The molecule has 2 atom stereocenters. The number of carboxylic acid groups (broad SMARTS) is 1. The van der Waals surface area contributed by atoms with Crippen LogP contribution in [0.4, 0.5) is 4.79 Å². The lowest BCUT2D eigenvalue weighted by atomic mass is 9.87. The van der Waals surface area contributed by atoms with Crippen LogP contribution in [-0.4, -0.2) is 41.4 Å². The summed E-state index contributed by atoms with van der Waals surface area (Å²) < 4.78 is 5.58. The molecule has 0 spiro atoms. The molecule has 0 bridgehead atoms. The van der Waals surface area contributed by atoms with Crippen molar-refractivity contribution in [3.05, 3.63) is 0 Å². The predicted octanol–water partition coefficient (Wildman–Crippen LogP) is 1.74. The van der Waals surface area contributed by atoms with Gasteiger partial charge in [0.15, 0.2) is 0 Å². The van der Waals surface area contributed by atoms with Crippen LogP contribution < -0.4 is 10.6 Å². The van der Waals surface area contributed by atoms with Crippen molar-refractivity contribution in [2.45, 2.75) is 65.1 Å². The summed E-state index contributed by atoms with van der Waals surface area (Å²) in [5.74, 6) is -1.03. The molecule has 0 aromatic carbocycles. The number of rotatable bonds is 3. The fraction of sp³-hybridized carbons (Fsp3) is 0.857. The zero-order chi connectivity index (χ0) is 15.6. The van der Waals surface area contributed by atoms with Gasteiger partial charge in [-0.15, -0.1) is 0 Å². The number of amides is 2. The van der Waals surface area contributed by atoms with E-state index in [0.717, 1.165) is 6.42 Å². The molecule has 0 saturated carbocycles. The quantitative estimate of drug-likeness (QED) is 0.737. The van der Waals surface area contributed by atoms with Gasteiger partial charge >= 0.3 is 12.0 Å². The Morgan fingerprint density at radius 1 is 1.35 bits per heavy atom. The van der Waals surface area contributed by atoms with Gasteiger partial charge in [0.2, 0.25) is 0 Å². The van der Waals surface area contributed by atoms with Crippen molar-refractivity contribution >= 4 is 12.0 Å². The first-order valence-corrected chi connectivity index (χ1v) is 6.95. The predicted molar refractivity (Wildman–Crippen MR) is 75.6 cm³/mol. The molecule has 0 aromatic rings. The van der Waals surface area contributed by atoms with Gasteiger partial charge in [0.05, 0.1) is 5.60 Å². The maximum Gasteiger partial charge on any atom is 0.326 e. The molecule has 1 unspecified atom stereocenters. The highest BCUT2D eigenvalue weighted by atomic mass is 16.5. The monoisotopic (exact) mass is 286 g/mol. The molecular formula is C14H26N2O4. The molecule has 0 aromatic heterocycles. The van der Waals surface area contributed by atoms with Crippen LogP contribution in [0.1, 0.15) is 47.5 Å². The number of carboxylic acids is 1. The Labute approximate surface area is 120 Å². The van der Waals surface area contributed by atoms with Crippen LogP contribution in [0.5, 0.6) is 0 Å². The first-order valence-electron chi connectivity index (χ1n) is 6.95. The van der Waals surface area contributed by atoms with Gasteiger partial charge in [-0.05, 0) is 32.1 Å². The number of carbonyl (C=O) groups is 2. The van der Waals surface area contributed by atoms with Crippen LogP contribution in [0.15, 0.2) is 0 Å². The standard InChI is InChI=1S/C14H26N2O4/c1-13(2,3)10(11(17)18)16-12(19)15-9-6-7-20-14(4,5)8-9/h9-10H,6-8H2,1-5H3,(H,17,18)(H2,15,16,19)/t9?,10-/m0/s1. The third kappa shape index (κ3) is 5.00. The third-order valence-electron chi connectivity index (χ3n) is 3.42. The van der Waals surface area contributed by atoms with E-state index >= 15 is 0 Å². The first-order chi connectivity index (χ1) is 9.01. The SMILES string of the molecule is CC1(C)CC(NC(=O)N[C@@H](C(=O)O)C(C)(C)C)CCO1. The summed E-state index contributed by atoms with van der Waals surface area (Å²) in [7, 11) is 0. The third-order valence-corrected chi connectivity index (χ3v) is 3.42. The molecule has 116 valence electrons. The number of aliphatic carboxylic acids is 1. The van der Waals surface area contributed by atoms with Crippen LogP contribution in [-0.2, 0) is 9.53 Å². The molecule has 1 aliphatic rings. The van der Waals surface area contributed by atoms with E-state index in [1.807, 2.05) is 13.8 Å². The minimum absolute atomic E-state index is 0.00756. The van der Waals surface area contributed by atoms with E-state index < -0.39 is 23.5 Å². The Balaban J connectivity index is 2.56. The molecule has 0 radical (unpaired) electrons. The van der Waals surface area contributed by atoms with E-state index in [9.17, 15) is 14.7 Å². The van der Waals surface area contributed by atoms with Crippen molar-refractivity contribution < 1.29 is 19.4 Å². The van der Waals surface area contributed by atoms with Crippen LogP contribution in [0.3, 0.4) is 0 Å². The van der Waals surface area contributed by atoms with Gasteiger partial charge < -0.3 is 20.5 Å². The molecule has 6 nitrogen and oxygen atoms in total. The van der Waals surface area contributed by atoms with Gasteiger partial charge in [0, 0.05) is 12.6 Å². The lowest BCUT2D eigenvalue weighted by Gasteiger charge is -2.36. The lowest BCUT2D eigenvalue weighted by Crippen LogP contribution is -2.55. The van der Waals surface area contributed by atoms with E-state index in [1.54, 1.807) is 20.8 Å². The number of carbonyl (C=O) groups excluding carboxylic acids is 1. The van der Waals surface area contributed by atoms with Crippen molar-refractivity contribution in [3.8, 4) is 0 Å². The Morgan fingerprint density at radius 3 is 2.40 bits per heavy atom. The average molecular weight is 286 g/mol. The van der Waals surface area contributed by atoms with Gasteiger partial charge in [0.25, 0.3) is 0 Å². The van der Waals surface area contributed by atoms with Crippen LogP contribution in [0.25, 0.3) is 0 Å². The minimum atomic E-state index is -1.03. The molecule has 6 heteroatoms. The van der Waals surface area contributed by atoms with Crippen molar-refractivity contribution in [2.24, 2.45) is 5.41 Å². The summed E-state index contributed by atoms with van der Waals surface area (Å²) in [5, 5.41) is 14.6. The smallest absolute Gasteiger partial charge is 0.326 e. The van der Waals surface area contributed by atoms with Gasteiger partial charge in [0.1, 0.15) is 6.04 Å². The lowest BCUT2D eigenvalue weighted by molar-refractivity contribution is -0.141.